The zero-order valence-electron chi connectivity index (χ0n) is 22.2. The number of rotatable bonds is 9. The SMILES string of the molecule is CC.CC.CC(=O)C(C)(C)CC(C)(C)C(CC(C)/C(N)=C/N(N)S)N1C(=O)CC(C)C1=O. The van der Waals surface area contributed by atoms with Gasteiger partial charge in [-0.3, -0.25) is 23.7 Å². The Bertz CT molecular complexity index is 660. The van der Waals surface area contributed by atoms with Crippen LogP contribution in [0.2, 0.25) is 0 Å². The first-order valence-electron chi connectivity index (χ1n) is 11.7. The van der Waals surface area contributed by atoms with Crippen molar-refractivity contribution in [3.63, 3.8) is 0 Å². The van der Waals surface area contributed by atoms with Crippen LogP contribution in [0.1, 0.15) is 95.4 Å². The number of hydrogen-bond donors (Lipinski definition) is 3. The number of ketones is 1. The lowest BCUT2D eigenvalue weighted by Crippen LogP contribution is -2.51. The molecular weight excluding hydrogens is 424 g/mol. The van der Waals surface area contributed by atoms with Gasteiger partial charge in [0.15, 0.2) is 0 Å². The van der Waals surface area contributed by atoms with Gasteiger partial charge in [-0.05, 0) is 31.1 Å². The number of Topliss-reactive ketones (excluding diaryl/α,β-unsaturated/α-hetero) is 1. The summed E-state index contributed by atoms with van der Waals surface area (Å²) < 4.78 is 1.08. The van der Waals surface area contributed by atoms with E-state index < -0.39 is 10.8 Å². The summed E-state index contributed by atoms with van der Waals surface area (Å²) in [5.41, 5.74) is 5.59. The summed E-state index contributed by atoms with van der Waals surface area (Å²) in [7, 11) is 0. The van der Waals surface area contributed by atoms with Gasteiger partial charge in [-0.2, -0.15) is 0 Å². The third-order valence-corrected chi connectivity index (χ3v) is 6.02. The van der Waals surface area contributed by atoms with Crippen LogP contribution >= 0.6 is 12.8 Å². The standard InChI is InChI=1S/C20H36N4O3S.2C2H6/c1-12(15(21)10-23(22)28)8-16(24-17(26)9-13(2)18(24)27)20(6,7)11-19(4,5)14(3)25;2*1-2/h10,12-13,16,28H,8-9,11,21-22H2,1-7H3;2*1-2H3/b15-10-;;. The lowest BCUT2D eigenvalue weighted by Gasteiger charge is -2.44. The average molecular weight is 473 g/mol. The van der Waals surface area contributed by atoms with E-state index in [-0.39, 0.29) is 41.9 Å². The van der Waals surface area contributed by atoms with Crippen molar-refractivity contribution in [2.24, 2.45) is 34.2 Å². The van der Waals surface area contributed by atoms with Crippen molar-refractivity contribution in [1.82, 2.24) is 9.31 Å². The topological polar surface area (TPSA) is 110 Å². The molecule has 0 saturated carbocycles. The van der Waals surface area contributed by atoms with E-state index in [0.717, 1.165) is 4.41 Å². The molecule has 1 fully saturated rings. The molecule has 0 aromatic heterocycles. The van der Waals surface area contributed by atoms with Gasteiger partial charge >= 0.3 is 0 Å². The number of nitrogens with two attached hydrogens (primary N) is 2. The summed E-state index contributed by atoms with van der Waals surface area (Å²) >= 11 is 3.98. The van der Waals surface area contributed by atoms with E-state index in [9.17, 15) is 14.4 Å². The van der Waals surface area contributed by atoms with E-state index >= 15 is 0 Å². The van der Waals surface area contributed by atoms with Crippen LogP contribution in [-0.2, 0) is 14.4 Å². The monoisotopic (exact) mass is 472 g/mol. The third kappa shape index (κ3) is 9.14. The summed E-state index contributed by atoms with van der Waals surface area (Å²) in [5.74, 6) is 4.82. The number of allylic oxidation sites excluding steroid dienone is 1. The second-order valence-electron chi connectivity index (χ2n) is 9.47. The van der Waals surface area contributed by atoms with E-state index in [1.165, 1.54) is 11.1 Å². The molecule has 4 N–H and O–H groups in total. The fraction of sp³-hybridized carbons (Fsp3) is 0.792. The van der Waals surface area contributed by atoms with Crippen LogP contribution in [-0.4, -0.2) is 33.0 Å². The first-order valence-corrected chi connectivity index (χ1v) is 12.1. The van der Waals surface area contributed by atoms with Crippen LogP contribution < -0.4 is 11.6 Å². The number of hydrazine groups is 1. The fourth-order valence-electron chi connectivity index (χ4n) is 4.04. The molecule has 1 aliphatic rings. The highest BCUT2D eigenvalue weighted by Gasteiger charge is 2.48. The number of thiol groups is 1. The summed E-state index contributed by atoms with van der Waals surface area (Å²) in [5, 5.41) is 0. The number of nitrogens with zero attached hydrogens (tertiary/aromatic N) is 2. The number of amides is 2. The molecule has 1 rings (SSSR count). The summed E-state index contributed by atoms with van der Waals surface area (Å²) in [6.07, 6.45) is 2.74. The maximum absolute atomic E-state index is 12.8. The molecule has 0 bridgehead atoms. The number of hydrogen-bond acceptors (Lipinski definition) is 7. The van der Waals surface area contributed by atoms with Crippen LogP contribution in [0, 0.1) is 22.7 Å². The molecule has 0 aromatic rings. The predicted molar refractivity (Wildman–Crippen MR) is 136 cm³/mol. The minimum atomic E-state index is -0.567. The molecule has 2 amide bonds. The highest BCUT2D eigenvalue weighted by atomic mass is 32.1. The predicted octanol–water partition coefficient (Wildman–Crippen LogP) is 4.68. The number of carbonyl (C=O) groups is 3. The molecule has 32 heavy (non-hydrogen) atoms. The molecule has 1 saturated heterocycles. The van der Waals surface area contributed by atoms with E-state index in [1.807, 2.05) is 62.3 Å². The molecular formula is C24H48N4O3S. The number of carbonyl (C=O) groups excluding carboxylic acids is 3. The number of likely N-dealkylation sites (tertiary alicyclic amines) is 1. The van der Waals surface area contributed by atoms with E-state index in [1.54, 1.807) is 13.8 Å². The Hall–Kier alpha value is -1.54. The summed E-state index contributed by atoms with van der Waals surface area (Å²) in [6.45, 7) is 21.1. The fourth-order valence-corrected chi connectivity index (χ4v) is 4.17. The molecule has 188 valence electrons. The van der Waals surface area contributed by atoms with Gasteiger partial charge in [0.1, 0.15) is 5.78 Å². The second-order valence-corrected chi connectivity index (χ2v) is 9.94. The highest BCUT2D eigenvalue weighted by Crippen LogP contribution is 2.43. The summed E-state index contributed by atoms with van der Waals surface area (Å²) in [4.78, 5) is 39.0. The first kappa shape index (κ1) is 32.6. The van der Waals surface area contributed by atoms with E-state index in [0.29, 0.717) is 18.5 Å². The lowest BCUT2D eigenvalue weighted by atomic mass is 9.67. The van der Waals surface area contributed by atoms with Crippen molar-refractivity contribution in [1.29, 1.82) is 0 Å². The Balaban J connectivity index is 0. The van der Waals surface area contributed by atoms with Crippen LogP contribution in [0.25, 0.3) is 0 Å². The first-order chi connectivity index (χ1) is 14.6. The molecule has 3 unspecified atom stereocenters. The quantitative estimate of drug-likeness (QED) is 0.194. The van der Waals surface area contributed by atoms with Crippen molar-refractivity contribution in [3.8, 4) is 0 Å². The molecule has 0 spiro atoms. The van der Waals surface area contributed by atoms with Crippen LogP contribution in [0.5, 0.6) is 0 Å². The molecule has 8 heteroatoms. The largest absolute Gasteiger partial charge is 0.401 e. The molecule has 1 heterocycles. The van der Waals surface area contributed by atoms with Gasteiger partial charge < -0.3 is 5.73 Å². The summed E-state index contributed by atoms with van der Waals surface area (Å²) in [6, 6.07) is -0.385. The normalized spacial score (nSPS) is 18.8. The van der Waals surface area contributed by atoms with Crippen LogP contribution in [0.3, 0.4) is 0 Å². The minimum Gasteiger partial charge on any atom is -0.401 e. The zero-order valence-corrected chi connectivity index (χ0v) is 23.0. The van der Waals surface area contributed by atoms with Gasteiger partial charge in [-0.25, -0.2) is 5.84 Å². The second kappa shape index (κ2) is 13.9. The molecule has 1 aliphatic heterocycles. The maximum Gasteiger partial charge on any atom is 0.232 e. The number of imide groups is 1. The Morgan fingerprint density at radius 2 is 1.69 bits per heavy atom. The minimum absolute atomic E-state index is 0.0769. The molecule has 0 radical (unpaired) electrons. The van der Waals surface area contributed by atoms with Crippen LogP contribution in [0.15, 0.2) is 11.9 Å². The van der Waals surface area contributed by atoms with Gasteiger partial charge in [-0.15, -0.1) is 0 Å². The molecule has 7 nitrogen and oxygen atoms in total. The van der Waals surface area contributed by atoms with Gasteiger partial charge in [0.25, 0.3) is 0 Å². The van der Waals surface area contributed by atoms with E-state index in [4.69, 9.17) is 11.6 Å². The van der Waals surface area contributed by atoms with Crippen LogP contribution in [0.4, 0.5) is 0 Å². The lowest BCUT2D eigenvalue weighted by molar-refractivity contribution is -0.146. The van der Waals surface area contributed by atoms with Gasteiger partial charge in [-0.1, -0.05) is 82.1 Å². The van der Waals surface area contributed by atoms with Gasteiger partial charge in [0.05, 0.1) is 0 Å². The molecule has 0 aromatic carbocycles. The van der Waals surface area contributed by atoms with Crippen molar-refractivity contribution < 1.29 is 14.4 Å². The van der Waals surface area contributed by atoms with E-state index in [2.05, 4.69) is 12.8 Å². The Morgan fingerprint density at radius 1 is 1.22 bits per heavy atom. The van der Waals surface area contributed by atoms with Crippen molar-refractivity contribution in [2.75, 3.05) is 0 Å². The molecule has 0 aliphatic carbocycles. The van der Waals surface area contributed by atoms with Crippen molar-refractivity contribution in [2.45, 2.75) is 101 Å². The third-order valence-electron chi connectivity index (χ3n) is 5.90. The molecule has 3 atom stereocenters. The highest BCUT2D eigenvalue weighted by molar-refractivity contribution is 7.77. The Kier molecular flexibility index (Phi) is 14.2. The zero-order chi connectivity index (χ0) is 26.0. The van der Waals surface area contributed by atoms with Gasteiger partial charge in [0, 0.05) is 35.7 Å². The van der Waals surface area contributed by atoms with Crippen molar-refractivity contribution >= 4 is 30.4 Å². The maximum atomic E-state index is 12.8. The average Bonchev–Trinajstić information content (AvgIpc) is 2.93. The Labute approximate surface area is 201 Å². The van der Waals surface area contributed by atoms with Crippen molar-refractivity contribution in [3.05, 3.63) is 11.9 Å². The smallest absolute Gasteiger partial charge is 0.232 e. The van der Waals surface area contributed by atoms with Gasteiger partial charge in [0.2, 0.25) is 11.8 Å². The Morgan fingerprint density at radius 3 is 2.03 bits per heavy atom.